The van der Waals surface area contributed by atoms with Gasteiger partial charge in [-0.1, -0.05) is 20.8 Å². The van der Waals surface area contributed by atoms with Crippen LogP contribution >= 0.6 is 0 Å². The molecule has 3 atom stereocenters. The Morgan fingerprint density at radius 1 is 1.29 bits per heavy atom. The molecule has 2 aliphatic rings. The van der Waals surface area contributed by atoms with Gasteiger partial charge in [0.2, 0.25) is 0 Å². The number of fused-ring (bicyclic) bond motifs is 2. The molecule has 82 valence electrons. The van der Waals surface area contributed by atoms with Gasteiger partial charge >= 0.3 is 0 Å². The van der Waals surface area contributed by atoms with E-state index >= 15 is 0 Å². The summed E-state index contributed by atoms with van der Waals surface area (Å²) in [7, 11) is 0. The fourth-order valence-corrected chi connectivity index (χ4v) is 3.43. The topological polar surface area (TPSA) is 18.5 Å². The van der Waals surface area contributed by atoms with E-state index in [1.165, 1.54) is 19.3 Å². The van der Waals surface area contributed by atoms with Crippen LogP contribution in [0.1, 0.15) is 47.0 Å². The Bertz CT molecular complexity index is 224. The largest absolute Gasteiger partial charge is 0.237 e. The van der Waals surface area contributed by atoms with Crippen LogP contribution in [0, 0.1) is 16.7 Å². The van der Waals surface area contributed by atoms with Crippen molar-refractivity contribution in [2.24, 2.45) is 16.7 Å². The lowest BCUT2D eigenvalue weighted by molar-refractivity contribution is -0.341. The average molecular weight is 198 g/mol. The van der Waals surface area contributed by atoms with Crippen molar-refractivity contribution in [1.82, 2.24) is 0 Å². The van der Waals surface area contributed by atoms with E-state index in [0.717, 1.165) is 5.92 Å². The van der Waals surface area contributed by atoms with Crippen molar-refractivity contribution in [1.29, 1.82) is 0 Å². The van der Waals surface area contributed by atoms with Gasteiger partial charge in [-0.15, -0.1) is 0 Å². The Morgan fingerprint density at radius 3 is 2.43 bits per heavy atom. The van der Waals surface area contributed by atoms with Gasteiger partial charge < -0.3 is 0 Å². The smallest absolute Gasteiger partial charge is 0.0991 e. The van der Waals surface area contributed by atoms with Crippen LogP contribution in [0.2, 0.25) is 0 Å². The van der Waals surface area contributed by atoms with Crippen molar-refractivity contribution >= 4 is 0 Å². The molecular weight excluding hydrogens is 176 g/mol. The maximum Gasteiger partial charge on any atom is 0.0991 e. The molecule has 0 amide bonds. The number of hydrogen-bond acceptors (Lipinski definition) is 2. The highest BCUT2D eigenvalue weighted by molar-refractivity contribution is 5.10. The minimum atomic E-state index is 0.316. The second-order valence-corrected chi connectivity index (χ2v) is 5.60. The molecule has 2 bridgehead atoms. The normalized spacial score (nSPS) is 44.6. The van der Waals surface area contributed by atoms with Gasteiger partial charge in [0.15, 0.2) is 0 Å². The fraction of sp³-hybridized carbons (Fsp3) is 1.00. The third-order valence-electron chi connectivity index (χ3n) is 5.02. The highest BCUT2D eigenvalue weighted by Crippen LogP contribution is 2.66. The molecule has 0 aromatic heterocycles. The van der Waals surface area contributed by atoms with E-state index in [2.05, 4.69) is 20.8 Å². The van der Waals surface area contributed by atoms with Crippen molar-refractivity contribution in [3.63, 3.8) is 0 Å². The molecule has 0 radical (unpaired) electrons. The molecule has 2 saturated carbocycles. The van der Waals surface area contributed by atoms with Crippen LogP contribution in [-0.2, 0) is 9.78 Å². The van der Waals surface area contributed by atoms with E-state index in [0.29, 0.717) is 23.5 Å². The van der Waals surface area contributed by atoms with E-state index in [1.54, 1.807) is 0 Å². The summed E-state index contributed by atoms with van der Waals surface area (Å²) in [6.07, 6.45) is 4.16. The minimum absolute atomic E-state index is 0.316. The zero-order valence-electron chi connectivity index (χ0n) is 9.80. The van der Waals surface area contributed by atoms with Gasteiger partial charge in [-0.05, 0) is 37.5 Å². The summed E-state index contributed by atoms with van der Waals surface area (Å²) in [6.45, 7) is 9.77. The predicted molar refractivity (Wildman–Crippen MR) is 55.7 cm³/mol. The lowest BCUT2D eigenvalue weighted by Gasteiger charge is -2.37. The molecule has 0 aromatic rings. The van der Waals surface area contributed by atoms with Gasteiger partial charge in [0, 0.05) is 5.41 Å². The quantitative estimate of drug-likeness (QED) is 0.512. The Kier molecular flexibility index (Phi) is 2.39. The lowest BCUT2D eigenvalue weighted by Crippen LogP contribution is -2.37. The van der Waals surface area contributed by atoms with E-state index in [-0.39, 0.29) is 0 Å². The molecule has 0 spiro atoms. The summed E-state index contributed by atoms with van der Waals surface area (Å²) in [4.78, 5) is 10.7. The first-order chi connectivity index (χ1) is 6.52. The molecule has 3 unspecified atom stereocenters. The summed E-state index contributed by atoms with van der Waals surface area (Å²) in [5, 5.41) is 0. The molecule has 2 aliphatic carbocycles. The summed E-state index contributed by atoms with van der Waals surface area (Å²) in [5.74, 6) is 0.831. The Morgan fingerprint density at radius 2 is 2.00 bits per heavy atom. The van der Waals surface area contributed by atoms with E-state index < -0.39 is 0 Å². The number of rotatable bonds is 3. The molecular formula is C12H22O2. The van der Waals surface area contributed by atoms with Crippen LogP contribution in [0.3, 0.4) is 0 Å². The molecule has 2 nitrogen and oxygen atoms in total. The van der Waals surface area contributed by atoms with Crippen LogP contribution in [0.4, 0.5) is 0 Å². The summed E-state index contributed by atoms with van der Waals surface area (Å²) < 4.78 is 0. The zero-order chi connectivity index (χ0) is 10.4. The average Bonchev–Trinajstić information content (AvgIpc) is 2.46. The highest BCUT2D eigenvalue weighted by Gasteiger charge is 2.62. The first kappa shape index (κ1) is 10.4. The van der Waals surface area contributed by atoms with E-state index in [4.69, 9.17) is 9.78 Å². The van der Waals surface area contributed by atoms with Gasteiger partial charge in [0.05, 0.1) is 12.7 Å². The van der Waals surface area contributed by atoms with E-state index in [9.17, 15) is 0 Å². The van der Waals surface area contributed by atoms with Crippen molar-refractivity contribution in [3.8, 4) is 0 Å². The van der Waals surface area contributed by atoms with Crippen LogP contribution in [-0.4, -0.2) is 12.7 Å². The molecule has 0 aliphatic heterocycles. The van der Waals surface area contributed by atoms with Gasteiger partial charge in [-0.25, -0.2) is 9.78 Å². The Hall–Kier alpha value is -0.0800. The fourth-order valence-electron chi connectivity index (χ4n) is 3.43. The molecule has 2 heteroatoms. The zero-order valence-corrected chi connectivity index (χ0v) is 9.80. The van der Waals surface area contributed by atoms with E-state index in [1.807, 2.05) is 6.92 Å². The predicted octanol–water partition coefficient (Wildman–Crippen LogP) is 3.17. The molecule has 0 N–H and O–H groups in total. The molecule has 0 heterocycles. The van der Waals surface area contributed by atoms with Gasteiger partial charge in [0.25, 0.3) is 0 Å². The maximum absolute atomic E-state index is 5.52. The van der Waals surface area contributed by atoms with Gasteiger partial charge in [-0.3, -0.25) is 0 Å². The third-order valence-corrected chi connectivity index (χ3v) is 5.02. The Labute approximate surface area is 86.9 Å². The standard InChI is InChI=1S/C12H22O2/c1-5-13-14-10-8-9-6-7-12(10,4)11(9,2)3/h9-10H,5-8H2,1-4H3. The van der Waals surface area contributed by atoms with Crippen LogP contribution < -0.4 is 0 Å². The van der Waals surface area contributed by atoms with Crippen molar-refractivity contribution in [3.05, 3.63) is 0 Å². The van der Waals surface area contributed by atoms with Crippen molar-refractivity contribution in [2.45, 2.75) is 53.1 Å². The summed E-state index contributed by atoms with van der Waals surface area (Å²) in [5.41, 5.74) is 0.752. The SMILES string of the molecule is CCOOC1CC2CCC1(C)C2(C)C. The number of hydrogen-bond donors (Lipinski definition) is 0. The Balaban J connectivity index is 2.11. The van der Waals surface area contributed by atoms with Crippen molar-refractivity contribution < 1.29 is 9.78 Å². The molecule has 0 saturated heterocycles. The van der Waals surface area contributed by atoms with Crippen molar-refractivity contribution in [2.75, 3.05) is 6.61 Å². The first-order valence-corrected chi connectivity index (χ1v) is 5.80. The van der Waals surface area contributed by atoms with Gasteiger partial charge in [-0.2, -0.15) is 0 Å². The van der Waals surface area contributed by atoms with Gasteiger partial charge in [0.1, 0.15) is 0 Å². The summed E-state index contributed by atoms with van der Waals surface area (Å²) in [6, 6.07) is 0. The van der Waals surface area contributed by atoms with Crippen LogP contribution in [0.15, 0.2) is 0 Å². The summed E-state index contributed by atoms with van der Waals surface area (Å²) >= 11 is 0. The third kappa shape index (κ3) is 1.17. The second kappa shape index (κ2) is 3.21. The second-order valence-electron chi connectivity index (χ2n) is 5.60. The monoisotopic (exact) mass is 198 g/mol. The molecule has 2 rings (SSSR count). The molecule has 0 aromatic carbocycles. The van der Waals surface area contributed by atoms with Crippen LogP contribution in [0.5, 0.6) is 0 Å². The first-order valence-electron chi connectivity index (χ1n) is 5.80. The molecule has 2 fully saturated rings. The maximum atomic E-state index is 5.52. The molecule has 14 heavy (non-hydrogen) atoms. The van der Waals surface area contributed by atoms with Crippen LogP contribution in [0.25, 0.3) is 0 Å². The highest BCUT2D eigenvalue weighted by atomic mass is 17.2. The minimum Gasteiger partial charge on any atom is -0.237 e. The lowest BCUT2D eigenvalue weighted by atomic mass is 9.70.